The van der Waals surface area contributed by atoms with Crippen molar-refractivity contribution in [2.45, 2.75) is 32.4 Å². The Balaban J connectivity index is 2.08. The van der Waals surface area contributed by atoms with Gasteiger partial charge in [0.05, 0.1) is 13.2 Å². The van der Waals surface area contributed by atoms with E-state index in [2.05, 4.69) is 22.8 Å². The minimum absolute atomic E-state index is 0.196. The highest BCUT2D eigenvalue weighted by Crippen LogP contribution is 2.17. The van der Waals surface area contributed by atoms with Gasteiger partial charge in [-0.25, -0.2) is 9.38 Å². The third-order valence-corrected chi connectivity index (χ3v) is 4.68. The van der Waals surface area contributed by atoms with Crippen LogP contribution >= 0.6 is 11.8 Å². The van der Waals surface area contributed by atoms with Gasteiger partial charge in [0, 0.05) is 26.0 Å². The molecule has 27 heavy (non-hydrogen) atoms. The molecular formula is C21H28FN3OS. The maximum Gasteiger partial charge on any atom is 0.191 e. The molecule has 6 heteroatoms. The second kappa shape index (κ2) is 11.6. The van der Waals surface area contributed by atoms with Gasteiger partial charge >= 0.3 is 0 Å². The van der Waals surface area contributed by atoms with Crippen molar-refractivity contribution in [3.63, 3.8) is 0 Å². The Kier molecular flexibility index (Phi) is 9.15. The zero-order valence-corrected chi connectivity index (χ0v) is 17.0. The summed E-state index contributed by atoms with van der Waals surface area (Å²) in [7, 11) is 1.69. The summed E-state index contributed by atoms with van der Waals surface area (Å²) >= 11 is 1.68. The number of hydrogen-bond acceptors (Lipinski definition) is 3. The van der Waals surface area contributed by atoms with Crippen LogP contribution in [0.15, 0.2) is 47.5 Å². The van der Waals surface area contributed by atoms with Crippen LogP contribution < -0.4 is 10.6 Å². The van der Waals surface area contributed by atoms with Gasteiger partial charge in [-0.1, -0.05) is 30.3 Å². The molecule has 0 heterocycles. The molecule has 0 aliphatic heterocycles. The van der Waals surface area contributed by atoms with E-state index in [0.717, 1.165) is 40.5 Å². The number of benzene rings is 2. The largest absolute Gasteiger partial charge is 0.380 e. The number of rotatable bonds is 9. The number of halogens is 1. The van der Waals surface area contributed by atoms with Crippen molar-refractivity contribution < 1.29 is 9.13 Å². The molecule has 0 aromatic heterocycles. The first-order chi connectivity index (χ1) is 13.2. The van der Waals surface area contributed by atoms with Gasteiger partial charge in [0.15, 0.2) is 5.96 Å². The van der Waals surface area contributed by atoms with Crippen LogP contribution in [0.1, 0.15) is 29.2 Å². The first-order valence-electron chi connectivity index (χ1n) is 9.02. The van der Waals surface area contributed by atoms with Crippen LogP contribution in [0.5, 0.6) is 0 Å². The summed E-state index contributed by atoms with van der Waals surface area (Å²) in [6.45, 7) is 4.54. The summed E-state index contributed by atoms with van der Waals surface area (Å²) in [5.41, 5.74) is 4.37. The fourth-order valence-corrected chi connectivity index (χ4v) is 3.33. The second-order valence-electron chi connectivity index (χ2n) is 6.10. The van der Waals surface area contributed by atoms with E-state index >= 15 is 0 Å². The van der Waals surface area contributed by atoms with Gasteiger partial charge in [-0.3, -0.25) is 0 Å². The van der Waals surface area contributed by atoms with E-state index in [-0.39, 0.29) is 5.82 Å². The lowest BCUT2D eigenvalue weighted by Crippen LogP contribution is -2.37. The number of ether oxygens (including phenoxy) is 1. The van der Waals surface area contributed by atoms with Gasteiger partial charge in [0.1, 0.15) is 5.82 Å². The van der Waals surface area contributed by atoms with Gasteiger partial charge in [-0.15, -0.1) is 0 Å². The van der Waals surface area contributed by atoms with Crippen molar-refractivity contribution in [2.24, 2.45) is 4.99 Å². The average molecular weight is 390 g/mol. The topological polar surface area (TPSA) is 45.7 Å². The predicted molar refractivity (Wildman–Crippen MR) is 112 cm³/mol. The number of methoxy groups -OCH3 is 1. The lowest BCUT2D eigenvalue weighted by Gasteiger charge is -2.14. The van der Waals surface area contributed by atoms with Crippen LogP contribution in [0, 0.1) is 5.82 Å². The van der Waals surface area contributed by atoms with Gasteiger partial charge < -0.3 is 15.4 Å². The van der Waals surface area contributed by atoms with Crippen molar-refractivity contribution in [2.75, 3.05) is 19.9 Å². The van der Waals surface area contributed by atoms with E-state index in [4.69, 9.17) is 9.73 Å². The molecule has 0 spiro atoms. The number of aliphatic imine (C=N–C) groups is 1. The number of thioether (sulfide) groups is 1. The number of nitrogens with one attached hydrogen (secondary N) is 2. The zero-order chi connectivity index (χ0) is 19.5. The summed E-state index contributed by atoms with van der Waals surface area (Å²) in [5.74, 6) is 1.33. The van der Waals surface area contributed by atoms with E-state index < -0.39 is 0 Å². The molecule has 0 amide bonds. The van der Waals surface area contributed by atoms with Gasteiger partial charge in [0.25, 0.3) is 0 Å². The molecule has 0 atom stereocenters. The molecule has 0 bridgehead atoms. The first kappa shape index (κ1) is 21.3. The first-order valence-corrected chi connectivity index (χ1v) is 10.4. The summed E-state index contributed by atoms with van der Waals surface area (Å²) < 4.78 is 18.8. The Morgan fingerprint density at radius 1 is 1.07 bits per heavy atom. The van der Waals surface area contributed by atoms with E-state index in [1.54, 1.807) is 24.9 Å². The van der Waals surface area contributed by atoms with Gasteiger partial charge in [0.2, 0.25) is 0 Å². The summed E-state index contributed by atoms with van der Waals surface area (Å²) in [6.07, 6.45) is 2.02. The van der Waals surface area contributed by atoms with Gasteiger partial charge in [-0.05, 0) is 47.6 Å². The van der Waals surface area contributed by atoms with Crippen LogP contribution in [0.25, 0.3) is 0 Å². The Morgan fingerprint density at radius 3 is 2.56 bits per heavy atom. The standard InChI is InChI=1S/C21H28FN3OS/c1-4-23-21(24-12-16-7-5-6-8-18(16)14-26-2)25-13-17-9-10-20(22)11-19(17)15-27-3/h5-11H,4,12-15H2,1-3H3,(H2,23,24,25). The molecule has 2 rings (SSSR count). The molecule has 2 aromatic carbocycles. The normalized spacial score (nSPS) is 11.5. The zero-order valence-electron chi connectivity index (χ0n) is 16.2. The predicted octanol–water partition coefficient (Wildman–Crippen LogP) is 4.09. The minimum atomic E-state index is -0.196. The van der Waals surface area contributed by atoms with Crippen molar-refractivity contribution in [1.29, 1.82) is 0 Å². The summed E-state index contributed by atoms with van der Waals surface area (Å²) in [5, 5.41) is 6.62. The van der Waals surface area contributed by atoms with Crippen molar-refractivity contribution in [3.8, 4) is 0 Å². The highest BCUT2D eigenvalue weighted by Gasteiger charge is 2.06. The monoisotopic (exact) mass is 389 g/mol. The second-order valence-corrected chi connectivity index (χ2v) is 6.96. The van der Waals surface area contributed by atoms with Crippen LogP contribution in [-0.2, 0) is 30.2 Å². The van der Waals surface area contributed by atoms with E-state index in [0.29, 0.717) is 19.7 Å². The molecule has 4 nitrogen and oxygen atoms in total. The smallest absolute Gasteiger partial charge is 0.191 e. The molecule has 0 aliphatic carbocycles. The Labute approximate surface area is 165 Å². The molecule has 2 N–H and O–H groups in total. The Bertz CT molecular complexity index is 752. The lowest BCUT2D eigenvalue weighted by atomic mass is 10.1. The number of guanidine groups is 1. The molecule has 0 saturated carbocycles. The fourth-order valence-electron chi connectivity index (χ4n) is 2.75. The molecule has 0 fully saturated rings. The highest BCUT2D eigenvalue weighted by molar-refractivity contribution is 7.97. The van der Waals surface area contributed by atoms with E-state index in [9.17, 15) is 4.39 Å². The maximum absolute atomic E-state index is 13.5. The molecular weight excluding hydrogens is 361 g/mol. The third kappa shape index (κ3) is 6.88. The SMILES string of the molecule is CCNC(=NCc1ccccc1COC)NCc1ccc(F)cc1CSC. The van der Waals surface area contributed by atoms with Crippen LogP contribution in [0.3, 0.4) is 0 Å². The molecule has 0 radical (unpaired) electrons. The maximum atomic E-state index is 13.5. The molecule has 0 saturated heterocycles. The van der Waals surface area contributed by atoms with Crippen molar-refractivity contribution >= 4 is 17.7 Å². The molecule has 0 unspecified atom stereocenters. The highest BCUT2D eigenvalue weighted by atomic mass is 32.2. The quantitative estimate of drug-likeness (QED) is 0.501. The summed E-state index contributed by atoms with van der Waals surface area (Å²) in [4.78, 5) is 4.69. The van der Waals surface area contributed by atoms with Crippen molar-refractivity contribution in [1.82, 2.24) is 10.6 Å². The number of hydrogen-bond donors (Lipinski definition) is 2. The van der Waals surface area contributed by atoms with Crippen LogP contribution in [0.4, 0.5) is 4.39 Å². The lowest BCUT2D eigenvalue weighted by molar-refractivity contribution is 0.184. The third-order valence-electron chi connectivity index (χ3n) is 4.08. The van der Waals surface area contributed by atoms with Crippen molar-refractivity contribution in [3.05, 3.63) is 70.5 Å². The molecule has 2 aromatic rings. The summed E-state index contributed by atoms with van der Waals surface area (Å²) in [6, 6.07) is 13.1. The Morgan fingerprint density at radius 2 is 1.85 bits per heavy atom. The van der Waals surface area contributed by atoms with Crippen LogP contribution in [-0.4, -0.2) is 25.9 Å². The van der Waals surface area contributed by atoms with E-state index in [1.807, 2.05) is 31.4 Å². The van der Waals surface area contributed by atoms with Crippen LogP contribution in [0.2, 0.25) is 0 Å². The fraction of sp³-hybridized carbons (Fsp3) is 0.381. The molecule has 146 valence electrons. The Hall–Kier alpha value is -2.05. The average Bonchev–Trinajstić information content (AvgIpc) is 2.67. The molecule has 0 aliphatic rings. The van der Waals surface area contributed by atoms with Gasteiger partial charge in [-0.2, -0.15) is 11.8 Å². The van der Waals surface area contributed by atoms with E-state index in [1.165, 1.54) is 6.07 Å². The number of nitrogens with zero attached hydrogens (tertiary/aromatic N) is 1. The minimum Gasteiger partial charge on any atom is -0.380 e.